The maximum Gasteiger partial charge on any atom is 0.306 e. The van der Waals surface area contributed by atoms with E-state index in [2.05, 4.69) is 41.5 Å². The van der Waals surface area contributed by atoms with Crippen molar-refractivity contribution in [1.29, 1.82) is 0 Å². The Balaban J connectivity index is 4.37. The van der Waals surface area contributed by atoms with Crippen LogP contribution in [0.5, 0.6) is 0 Å². The third-order valence-corrected chi connectivity index (χ3v) is 10.6. The summed E-state index contributed by atoms with van der Waals surface area (Å²) in [6.07, 6.45) is 32.3. The molecule has 2 unspecified atom stereocenters. The number of rotatable bonds is 38. The Morgan fingerprint density at radius 3 is 1.02 bits per heavy atom. The predicted molar refractivity (Wildman–Crippen MR) is 215 cm³/mol. The average molecular weight is 723 g/mol. The third kappa shape index (κ3) is 36.6. The molecule has 0 radical (unpaired) electrons. The number of carbonyl (C=O) groups excluding carboxylic acids is 3. The molecule has 3 atom stereocenters. The van der Waals surface area contributed by atoms with Crippen LogP contribution in [0.3, 0.4) is 0 Å². The molecule has 51 heavy (non-hydrogen) atoms. The molecule has 0 rings (SSSR count). The van der Waals surface area contributed by atoms with E-state index in [0.717, 1.165) is 75.5 Å². The molecular formula is C45H86O6. The molecule has 0 aromatic carbocycles. The normalized spacial score (nSPS) is 13.2. The second-order valence-corrected chi connectivity index (χ2v) is 16.3. The van der Waals surface area contributed by atoms with Gasteiger partial charge in [-0.15, -0.1) is 0 Å². The Bertz CT molecular complexity index is 796. The highest BCUT2D eigenvalue weighted by Crippen LogP contribution is 2.17. The summed E-state index contributed by atoms with van der Waals surface area (Å²) in [5.41, 5.74) is 0. The van der Waals surface area contributed by atoms with Gasteiger partial charge in [-0.2, -0.15) is 0 Å². The summed E-state index contributed by atoms with van der Waals surface area (Å²) < 4.78 is 16.7. The molecule has 0 spiro atoms. The monoisotopic (exact) mass is 723 g/mol. The Morgan fingerprint density at radius 1 is 0.392 bits per heavy atom. The molecule has 0 saturated carbocycles. The molecule has 0 aliphatic rings. The molecule has 6 heteroatoms. The van der Waals surface area contributed by atoms with Crippen LogP contribution in [0, 0.1) is 17.8 Å². The van der Waals surface area contributed by atoms with Gasteiger partial charge < -0.3 is 14.2 Å². The van der Waals surface area contributed by atoms with E-state index in [0.29, 0.717) is 19.3 Å². The van der Waals surface area contributed by atoms with Crippen LogP contribution in [0.15, 0.2) is 0 Å². The van der Waals surface area contributed by atoms with Gasteiger partial charge >= 0.3 is 17.9 Å². The molecule has 0 aromatic rings. The van der Waals surface area contributed by atoms with Crippen molar-refractivity contribution in [2.24, 2.45) is 17.8 Å². The van der Waals surface area contributed by atoms with E-state index in [4.69, 9.17) is 14.2 Å². The lowest BCUT2D eigenvalue weighted by Gasteiger charge is -2.18. The zero-order valence-electron chi connectivity index (χ0n) is 34.9. The summed E-state index contributed by atoms with van der Waals surface area (Å²) in [5.74, 6) is 1.59. The molecule has 0 fully saturated rings. The van der Waals surface area contributed by atoms with Crippen molar-refractivity contribution < 1.29 is 28.6 Å². The van der Waals surface area contributed by atoms with Crippen LogP contribution in [0.25, 0.3) is 0 Å². The van der Waals surface area contributed by atoms with Crippen molar-refractivity contribution in [3.63, 3.8) is 0 Å². The van der Waals surface area contributed by atoms with E-state index < -0.39 is 6.10 Å². The first-order valence-electron chi connectivity index (χ1n) is 22.2. The molecule has 0 bridgehead atoms. The van der Waals surface area contributed by atoms with Crippen LogP contribution in [-0.4, -0.2) is 37.2 Å². The lowest BCUT2D eigenvalue weighted by atomic mass is 9.99. The van der Waals surface area contributed by atoms with Gasteiger partial charge in [0.25, 0.3) is 0 Å². The first-order valence-corrected chi connectivity index (χ1v) is 22.2. The van der Waals surface area contributed by atoms with Crippen molar-refractivity contribution in [1.82, 2.24) is 0 Å². The molecular weight excluding hydrogens is 636 g/mol. The molecule has 0 amide bonds. The maximum atomic E-state index is 12.7. The van der Waals surface area contributed by atoms with Crippen molar-refractivity contribution >= 4 is 17.9 Å². The zero-order valence-corrected chi connectivity index (χ0v) is 34.9. The molecule has 0 N–H and O–H groups in total. The largest absolute Gasteiger partial charge is 0.462 e. The topological polar surface area (TPSA) is 78.9 Å². The number of hydrogen-bond donors (Lipinski definition) is 0. The van der Waals surface area contributed by atoms with Gasteiger partial charge in [-0.3, -0.25) is 14.4 Å². The van der Waals surface area contributed by atoms with Crippen molar-refractivity contribution in [2.75, 3.05) is 13.2 Å². The van der Waals surface area contributed by atoms with Crippen molar-refractivity contribution in [2.45, 2.75) is 240 Å². The maximum absolute atomic E-state index is 12.7. The summed E-state index contributed by atoms with van der Waals surface area (Å²) in [7, 11) is 0. The standard InChI is InChI=1S/C45H86O6/c1-7-40(5)32-26-20-14-10-12-15-22-28-34-43(46)49-37-42(38-50-44(47)35-29-23-18-17-21-27-33-41(6)8-2)51-45(48)36-30-24-16-11-9-13-19-25-31-39(3)4/h39-42H,7-38H2,1-6H3/t40?,41?,42-/m0/s1. The summed E-state index contributed by atoms with van der Waals surface area (Å²) >= 11 is 0. The molecule has 0 aliphatic heterocycles. The number of unbranched alkanes of at least 4 members (excludes halogenated alkanes) is 19. The summed E-state index contributed by atoms with van der Waals surface area (Å²) in [5, 5.41) is 0. The highest BCUT2D eigenvalue weighted by Gasteiger charge is 2.19. The van der Waals surface area contributed by atoms with E-state index in [1.165, 1.54) is 116 Å². The number of hydrogen-bond acceptors (Lipinski definition) is 6. The van der Waals surface area contributed by atoms with E-state index in [1.807, 2.05) is 0 Å². The SMILES string of the molecule is CCC(C)CCCCCCCCCCC(=O)OC[C@@H](COC(=O)CCCCCCCCC(C)CC)OC(=O)CCCCCCCCCCC(C)C. The van der Waals surface area contributed by atoms with Crippen LogP contribution in [0.1, 0.15) is 234 Å². The average Bonchev–Trinajstić information content (AvgIpc) is 3.11. The highest BCUT2D eigenvalue weighted by atomic mass is 16.6. The Labute approximate surface area is 317 Å². The van der Waals surface area contributed by atoms with Gasteiger partial charge in [-0.25, -0.2) is 0 Å². The number of ether oxygens (including phenoxy) is 3. The number of carbonyl (C=O) groups is 3. The zero-order chi connectivity index (χ0) is 37.8. The molecule has 302 valence electrons. The van der Waals surface area contributed by atoms with Gasteiger partial charge in [0.2, 0.25) is 0 Å². The predicted octanol–water partition coefficient (Wildman–Crippen LogP) is 13.7. The minimum atomic E-state index is -0.762. The Morgan fingerprint density at radius 2 is 0.686 bits per heavy atom. The minimum Gasteiger partial charge on any atom is -0.462 e. The van der Waals surface area contributed by atoms with E-state index >= 15 is 0 Å². The van der Waals surface area contributed by atoms with Gasteiger partial charge in [-0.1, -0.05) is 196 Å². The fourth-order valence-corrected chi connectivity index (χ4v) is 6.46. The van der Waals surface area contributed by atoms with Crippen LogP contribution in [0.2, 0.25) is 0 Å². The molecule has 0 aromatic heterocycles. The first-order chi connectivity index (χ1) is 24.7. The van der Waals surface area contributed by atoms with Crippen LogP contribution >= 0.6 is 0 Å². The fraction of sp³-hybridized carbons (Fsp3) is 0.933. The molecule has 6 nitrogen and oxygen atoms in total. The quantitative estimate of drug-likeness (QED) is 0.0359. The first kappa shape index (κ1) is 49.4. The van der Waals surface area contributed by atoms with Gasteiger partial charge in [0.1, 0.15) is 13.2 Å². The molecule has 0 saturated heterocycles. The van der Waals surface area contributed by atoms with Crippen LogP contribution < -0.4 is 0 Å². The molecule has 0 heterocycles. The van der Waals surface area contributed by atoms with Gasteiger partial charge in [0, 0.05) is 19.3 Å². The Hall–Kier alpha value is -1.59. The minimum absolute atomic E-state index is 0.0675. The second kappa shape index (κ2) is 36.8. The highest BCUT2D eigenvalue weighted by molar-refractivity contribution is 5.71. The van der Waals surface area contributed by atoms with E-state index in [-0.39, 0.29) is 31.1 Å². The second-order valence-electron chi connectivity index (χ2n) is 16.3. The van der Waals surface area contributed by atoms with Gasteiger partial charge in [0.05, 0.1) is 0 Å². The summed E-state index contributed by atoms with van der Waals surface area (Å²) in [4.78, 5) is 37.6. The van der Waals surface area contributed by atoms with Crippen molar-refractivity contribution in [3.8, 4) is 0 Å². The van der Waals surface area contributed by atoms with E-state index in [1.54, 1.807) is 0 Å². The lowest BCUT2D eigenvalue weighted by molar-refractivity contribution is -0.167. The van der Waals surface area contributed by atoms with Crippen LogP contribution in [-0.2, 0) is 28.6 Å². The van der Waals surface area contributed by atoms with Gasteiger partial charge in [0.15, 0.2) is 6.10 Å². The fourth-order valence-electron chi connectivity index (χ4n) is 6.46. The van der Waals surface area contributed by atoms with Gasteiger partial charge in [-0.05, 0) is 37.0 Å². The smallest absolute Gasteiger partial charge is 0.306 e. The third-order valence-electron chi connectivity index (χ3n) is 10.6. The Kier molecular flexibility index (Phi) is 35.6. The van der Waals surface area contributed by atoms with Crippen LogP contribution in [0.4, 0.5) is 0 Å². The van der Waals surface area contributed by atoms with E-state index in [9.17, 15) is 14.4 Å². The summed E-state index contributed by atoms with van der Waals surface area (Å²) in [6, 6.07) is 0. The summed E-state index contributed by atoms with van der Waals surface area (Å²) in [6.45, 7) is 13.6. The lowest BCUT2D eigenvalue weighted by Crippen LogP contribution is -2.30. The number of esters is 3. The molecule has 0 aliphatic carbocycles. The van der Waals surface area contributed by atoms with Crippen molar-refractivity contribution in [3.05, 3.63) is 0 Å².